The monoisotopic (exact) mass is 195 g/mol. The summed E-state index contributed by atoms with van der Waals surface area (Å²) in [4.78, 5) is 16.6. The van der Waals surface area contributed by atoms with Gasteiger partial charge in [-0.1, -0.05) is 0 Å². The number of aromatic amines is 1. The van der Waals surface area contributed by atoms with E-state index in [1.54, 1.807) is 6.92 Å². The number of imidazole rings is 1. The van der Waals surface area contributed by atoms with Crippen LogP contribution in [0.4, 0.5) is 10.1 Å². The molecule has 0 atom stereocenters. The van der Waals surface area contributed by atoms with Crippen molar-refractivity contribution < 1.29 is 9.31 Å². The fourth-order valence-corrected chi connectivity index (χ4v) is 1.33. The van der Waals surface area contributed by atoms with Gasteiger partial charge in [-0.2, -0.15) is 0 Å². The molecule has 2 rings (SSSR count). The maximum absolute atomic E-state index is 12.9. The molecular formula is C8H6FN3O2. The summed E-state index contributed by atoms with van der Waals surface area (Å²) in [5, 5.41) is 10.6. The maximum Gasteiger partial charge on any atom is 0.299 e. The number of non-ortho nitro benzene ring substituents is 1. The molecule has 0 amide bonds. The predicted molar refractivity (Wildman–Crippen MR) is 47.4 cm³/mol. The average molecular weight is 195 g/mol. The number of benzene rings is 1. The van der Waals surface area contributed by atoms with Gasteiger partial charge in [0.1, 0.15) is 11.6 Å². The fourth-order valence-electron chi connectivity index (χ4n) is 1.33. The number of nitrogens with zero attached hydrogens (tertiary/aromatic N) is 2. The van der Waals surface area contributed by atoms with Crippen molar-refractivity contribution in [1.29, 1.82) is 0 Å². The van der Waals surface area contributed by atoms with Crippen LogP contribution in [0.2, 0.25) is 0 Å². The number of nitro benzene ring substituents is 1. The van der Waals surface area contributed by atoms with Gasteiger partial charge in [0.15, 0.2) is 5.52 Å². The van der Waals surface area contributed by atoms with Gasteiger partial charge in [-0.05, 0) is 6.92 Å². The van der Waals surface area contributed by atoms with Crippen molar-refractivity contribution in [2.24, 2.45) is 0 Å². The molecule has 14 heavy (non-hydrogen) atoms. The Morgan fingerprint density at radius 1 is 1.57 bits per heavy atom. The highest BCUT2D eigenvalue weighted by Gasteiger charge is 2.16. The largest absolute Gasteiger partial charge is 0.342 e. The van der Waals surface area contributed by atoms with Crippen LogP contribution >= 0.6 is 0 Å². The molecule has 5 nitrogen and oxygen atoms in total. The number of nitro groups is 1. The van der Waals surface area contributed by atoms with Crippen molar-refractivity contribution in [2.45, 2.75) is 6.92 Å². The molecule has 0 saturated carbocycles. The van der Waals surface area contributed by atoms with Crippen molar-refractivity contribution in [3.05, 3.63) is 33.9 Å². The van der Waals surface area contributed by atoms with Gasteiger partial charge in [-0.25, -0.2) is 9.37 Å². The summed E-state index contributed by atoms with van der Waals surface area (Å²) in [6.45, 7) is 1.65. The van der Waals surface area contributed by atoms with Crippen LogP contribution in [-0.4, -0.2) is 14.9 Å². The number of fused-ring (bicyclic) bond motifs is 1. The van der Waals surface area contributed by atoms with Gasteiger partial charge >= 0.3 is 0 Å². The Balaban J connectivity index is 2.85. The van der Waals surface area contributed by atoms with Crippen LogP contribution in [0.3, 0.4) is 0 Å². The lowest BCUT2D eigenvalue weighted by molar-refractivity contribution is -0.383. The highest BCUT2D eigenvalue weighted by atomic mass is 19.1. The highest BCUT2D eigenvalue weighted by Crippen LogP contribution is 2.24. The van der Waals surface area contributed by atoms with Crippen molar-refractivity contribution >= 4 is 16.7 Å². The van der Waals surface area contributed by atoms with Gasteiger partial charge in [0.2, 0.25) is 0 Å². The third kappa shape index (κ3) is 1.20. The molecule has 1 aromatic carbocycles. The second-order valence-corrected chi connectivity index (χ2v) is 2.90. The van der Waals surface area contributed by atoms with E-state index < -0.39 is 10.7 Å². The lowest BCUT2D eigenvalue weighted by Crippen LogP contribution is -1.90. The van der Waals surface area contributed by atoms with Crippen molar-refractivity contribution in [3.8, 4) is 0 Å². The minimum absolute atomic E-state index is 0.189. The molecule has 0 fully saturated rings. The summed E-state index contributed by atoms with van der Waals surface area (Å²) < 4.78 is 12.9. The molecule has 2 aromatic rings. The molecular weight excluding hydrogens is 189 g/mol. The molecule has 0 aliphatic rings. The first-order valence-electron chi connectivity index (χ1n) is 3.88. The third-order valence-electron chi connectivity index (χ3n) is 1.85. The molecule has 0 saturated heterocycles. The third-order valence-corrected chi connectivity index (χ3v) is 1.85. The Kier molecular flexibility index (Phi) is 1.70. The van der Waals surface area contributed by atoms with Crippen LogP contribution in [-0.2, 0) is 0 Å². The molecule has 6 heteroatoms. The first-order chi connectivity index (χ1) is 6.58. The molecule has 0 aliphatic carbocycles. The standard InChI is InChI=1S/C8H6FN3O2/c1-4-10-6-2-5(9)3-7(12(13)14)8(6)11-4/h2-3H,1H3,(H,10,11). The summed E-state index contributed by atoms with van der Waals surface area (Å²) in [6, 6.07) is 2.05. The smallest absolute Gasteiger partial charge is 0.299 e. The Morgan fingerprint density at radius 3 is 2.93 bits per heavy atom. The average Bonchev–Trinajstić information content (AvgIpc) is 2.42. The second kappa shape index (κ2) is 2.76. The number of hydrogen-bond donors (Lipinski definition) is 1. The molecule has 0 spiro atoms. The van der Waals surface area contributed by atoms with Crippen molar-refractivity contribution in [1.82, 2.24) is 9.97 Å². The first-order valence-corrected chi connectivity index (χ1v) is 3.88. The number of H-pyrrole nitrogens is 1. The zero-order chi connectivity index (χ0) is 10.3. The van der Waals surface area contributed by atoms with Gasteiger partial charge in [0, 0.05) is 6.07 Å². The highest BCUT2D eigenvalue weighted by molar-refractivity contribution is 5.84. The molecule has 1 N–H and O–H groups in total. The SMILES string of the molecule is Cc1nc2c([N+](=O)[O-])cc(F)cc2[nH]1. The van der Waals surface area contributed by atoms with E-state index in [0.29, 0.717) is 11.3 Å². The molecule has 1 heterocycles. The Hall–Kier alpha value is -1.98. The van der Waals surface area contributed by atoms with Gasteiger partial charge in [-0.3, -0.25) is 10.1 Å². The summed E-state index contributed by atoms with van der Waals surface area (Å²) >= 11 is 0. The minimum atomic E-state index is -0.647. The predicted octanol–water partition coefficient (Wildman–Crippen LogP) is 1.92. The van der Waals surface area contributed by atoms with Crippen molar-refractivity contribution in [2.75, 3.05) is 0 Å². The van der Waals surface area contributed by atoms with Crippen LogP contribution in [0.5, 0.6) is 0 Å². The van der Waals surface area contributed by atoms with E-state index in [1.165, 1.54) is 6.07 Å². The van der Waals surface area contributed by atoms with Gasteiger partial charge in [0.05, 0.1) is 16.5 Å². The van der Waals surface area contributed by atoms with E-state index in [1.807, 2.05) is 0 Å². The zero-order valence-corrected chi connectivity index (χ0v) is 7.24. The molecule has 1 aromatic heterocycles. The Morgan fingerprint density at radius 2 is 2.29 bits per heavy atom. The maximum atomic E-state index is 12.9. The minimum Gasteiger partial charge on any atom is -0.342 e. The quantitative estimate of drug-likeness (QED) is 0.558. The van der Waals surface area contributed by atoms with Crippen LogP contribution in [0, 0.1) is 22.9 Å². The number of aryl methyl sites for hydroxylation is 1. The number of rotatable bonds is 1. The summed E-state index contributed by atoms with van der Waals surface area (Å²) in [5.74, 6) is -0.124. The Bertz CT molecular complexity index is 521. The number of halogens is 1. The summed E-state index contributed by atoms with van der Waals surface area (Å²) in [6.07, 6.45) is 0. The van der Waals surface area contributed by atoms with E-state index in [0.717, 1.165) is 6.07 Å². The van der Waals surface area contributed by atoms with E-state index in [4.69, 9.17) is 0 Å². The molecule has 0 aliphatic heterocycles. The van der Waals surface area contributed by atoms with Crippen LogP contribution in [0.15, 0.2) is 12.1 Å². The molecule has 0 radical (unpaired) electrons. The Labute approximate surface area is 77.7 Å². The lowest BCUT2D eigenvalue weighted by Gasteiger charge is -1.92. The van der Waals surface area contributed by atoms with Gasteiger partial charge in [-0.15, -0.1) is 0 Å². The number of aromatic nitrogens is 2. The van der Waals surface area contributed by atoms with E-state index in [2.05, 4.69) is 9.97 Å². The molecule has 0 unspecified atom stereocenters. The first kappa shape index (κ1) is 8.61. The molecule has 72 valence electrons. The van der Waals surface area contributed by atoms with Crippen LogP contribution in [0.1, 0.15) is 5.82 Å². The van der Waals surface area contributed by atoms with E-state index in [9.17, 15) is 14.5 Å². The zero-order valence-electron chi connectivity index (χ0n) is 7.24. The fraction of sp³-hybridized carbons (Fsp3) is 0.125. The topological polar surface area (TPSA) is 71.8 Å². The van der Waals surface area contributed by atoms with Gasteiger partial charge < -0.3 is 4.98 Å². The summed E-state index contributed by atoms with van der Waals surface area (Å²) in [5.41, 5.74) is 0.215. The van der Waals surface area contributed by atoms with Crippen molar-refractivity contribution in [3.63, 3.8) is 0 Å². The number of nitrogens with one attached hydrogen (secondary N) is 1. The van der Waals surface area contributed by atoms with E-state index in [-0.39, 0.29) is 11.2 Å². The van der Waals surface area contributed by atoms with Crippen LogP contribution in [0.25, 0.3) is 11.0 Å². The number of hydrogen-bond acceptors (Lipinski definition) is 3. The van der Waals surface area contributed by atoms with Gasteiger partial charge in [0.25, 0.3) is 5.69 Å². The normalized spacial score (nSPS) is 10.7. The molecule has 0 bridgehead atoms. The lowest BCUT2D eigenvalue weighted by atomic mass is 10.2. The van der Waals surface area contributed by atoms with E-state index >= 15 is 0 Å². The second-order valence-electron chi connectivity index (χ2n) is 2.90. The summed E-state index contributed by atoms with van der Waals surface area (Å²) in [7, 11) is 0. The van der Waals surface area contributed by atoms with Crippen LogP contribution < -0.4 is 0 Å².